The molecule has 2 rings (SSSR count). The van der Waals surface area contributed by atoms with Crippen LogP contribution in [0.2, 0.25) is 0 Å². The zero-order chi connectivity index (χ0) is 10.8. The molecule has 1 atom stereocenters. The van der Waals surface area contributed by atoms with Gasteiger partial charge < -0.3 is 5.73 Å². The van der Waals surface area contributed by atoms with Gasteiger partial charge in [-0.05, 0) is 49.3 Å². The second kappa shape index (κ2) is 4.15. The van der Waals surface area contributed by atoms with Crippen molar-refractivity contribution in [2.24, 2.45) is 5.73 Å². The zero-order valence-electron chi connectivity index (χ0n) is 9.12. The van der Waals surface area contributed by atoms with Crippen LogP contribution >= 0.6 is 0 Å². The minimum absolute atomic E-state index is 0.0579. The Balaban J connectivity index is 2.56. The number of benzene rings is 1. The molecule has 0 bridgehead atoms. The van der Waals surface area contributed by atoms with E-state index in [1.807, 2.05) is 13.0 Å². The molecule has 0 radical (unpaired) electrons. The Kier molecular flexibility index (Phi) is 2.87. The molecule has 1 aromatic rings. The van der Waals surface area contributed by atoms with E-state index < -0.39 is 0 Å². The number of hydrogen-bond acceptors (Lipinski definition) is 2. The maximum atomic E-state index is 11.1. The molecule has 0 saturated carbocycles. The van der Waals surface area contributed by atoms with Crippen molar-refractivity contribution in [1.82, 2.24) is 0 Å². The first kappa shape index (κ1) is 10.4. The van der Waals surface area contributed by atoms with Crippen LogP contribution < -0.4 is 5.73 Å². The van der Waals surface area contributed by atoms with E-state index in [1.54, 1.807) is 0 Å². The highest BCUT2D eigenvalue weighted by atomic mass is 16.1. The van der Waals surface area contributed by atoms with Crippen LogP contribution in [0.5, 0.6) is 0 Å². The van der Waals surface area contributed by atoms with Crippen LogP contribution in [0.3, 0.4) is 0 Å². The summed E-state index contributed by atoms with van der Waals surface area (Å²) in [6, 6.07) is 4.09. The third-order valence-corrected chi connectivity index (χ3v) is 3.22. The minimum atomic E-state index is -0.0579. The van der Waals surface area contributed by atoms with Gasteiger partial charge in [0.15, 0.2) is 6.29 Å². The van der Waals surface area contributed by atoms with E-state index >= 15 is 0 Å². The van der Waals surface area contributed by atoms with Crippen LogP contribution in [0.1, 0.15) is 52.9 Å². The fourth-order valence-corrected chi connectivity index (χ4v) is 2.41. The lowest BCUT2D eigenvalue weighted by molar-refractivity contribution is 0.112. The zero-order valence-corrected chi connectivity index (χ0v) is 9.12. The lowest BCUT2D eigenvalue weighted by Crippen LogP contribution is -2.13. The van der Waals surface area contributed by atoms with Crippen LogP contribution in [-0.4, -0.2) is 6.29 Å². The molecular weight excluding hydrogens is 186 g/mol. The largest absolute Gasteiger partial charge is 0.324 e. The molecule has 2 N–H and O–H groups in total. The van der Waals surface area contributed by atoms with Gasteiger partial charge in [0.05, 0.1) is 0 Å². The monoisotopic (exact) mass is 203 g/mol. The van der Waals surface area contributed by atoms with E-state index in [-0.39, 0.29) is 6.04 Å². The number of rotatable bonds is 2. The molecule has 0 aromatic heterocycles. The average molecular weight is 203 g/mol. The lowest BCUT2D eigenvalue weighted by atomic mass is 9.85. The van der Waals surface area contributed by atoms with Crippen LogP contribution in [0.25, 0.3) is 0 Å². The fraction of sp³-hybridized carbons (Fsp3) is 0.462. The van der Waals surface area contributed by atoms with E-state index in [2.05, 4.69) is 6.07 Å². The highest BCUT2D eigenvalue weighted by Crippen LogP contribution is 2.28. The van der Waals surface area contributed by atoms with E-state index in [4.69, 9.17) is 5.73 Å². The summed E-state index contributed by atoms with van der Waals surface area (Å²) in [6.45, 7) is 1.93. The van der Waals surface area contributed by atoms with E-state index in [0.717, 1.165) is 30.3 Å². The molecule has 0 fully saturated rings. The molecule has 2 nitrogen and oxygen atoms in total. The Labute approximate surface area is 90.5 Å². The van der Waals surface area contributed by atoms with Gasteiger partial charge in [0.25, 0.3) is 0 Å². The van der Waals surface area contributed by atoms with Crippen molar-refractivity contribution >= 4 is 6.29 Å². The van der Waals surface area contributed by atoms with E-state index in [0.29, 0.717) is 0 Å². The van der Waals surface area contributed by atoms with Gasteiger partial charge in [-0.3, -0.25) is 4.79 Å². The van der Waals surface area contributed by atoms with Gasteiger partial charge in [-0.15, -0.1) is 0 Å². The average Bonchev–Trinajstić information content (AvgIpc) is 2.27. The highest BCUT2D eigenvalue weighted by molar-refractivity contribution is 5.81. The predicted octanol–water partition coefficient (Wildman–Crippen LogP) is 2.40. The Morgan fingerprint density at radius 1 is 1.33 bits per heavy atom. The number of hydrogen-bond donors (Lipinski definition) is 1. The summed E-state index contributed by atoms with van der Waals surface area (Å²) in [4.78, 5) is 11.1. The smallest absolute Gasteiger partial charge is 0.150 e. The molecule has 0 amide bonds. The molecule has 0 saturated heterocycles. The summed E-state index contributed by atoms with van der Waals surface area (Å²) in [5.74, 6) is 0. The molecule has 0 unspecified atom stereocenters. The van der Waals surface area contributed by atoms with Gasteiger partial charge in [-0.25, -0.2) is 0 Å². The first-order chi connectivity index (χ1) is 7.24. The molecule has 1 aliphatic rings. The Morgan fingerprint density at radius 3 is 2.73 bits per heavy atom. The first-order valence-electron chi connectivity index (χ1n) is 5.59. The van der Waals surface area contributed by atoms with Crippen molar-refractivity contribution in [2.45, 2.75) is 38.6 Å². The molecule has 15 heavy (non-hydrogen) atoms. The van der Waals surface area contributed by atoms with E-state index in [9.17, 15) is 4.79 Å². The fourth-order valence-electron chi connectivity index (χ4n) is 2.41. The number of fused-ring (bicyclic) bond motifs is 1. The molecule has 0 spiro atoms. The van der Waals surface area contributed by atoms with Gasteiger partial charge in [0, 0.05) is 11.6 Å². The van der Waals surface area contributed by atoms with Crippen molar-refractivity contribution in [3.05, 3.63) is 34.4 Å². The van der Waals surface area contributed by atoms with Crippen LogP contribution in [0.4, 0.5) is 0 Å². The first-order valence-corrected chi connectivity index (χ1v) is 5.59. The SMILES string of the molecule is C[C@@H](N)c1ccc2c(c1C=O)CCCC2. The van der Waals surface area contributed by atoms with Crippen LogP contribution in [-0.2, 0) is 12.8 Å². The van der Waals surface area contributed by atoms with Crippen LogP contribution in [0.15, 0.2) is 12.1 Å². The Bertz CT molecular complexity index is 382. The third kappa shape index (κ3) is 1.82. The quantitative estimate of drug-likeness (QED) is 0.750. The summed E-state index contributed by atoms with van der Waals surface area (Å²) in [7, 11) is 0. The molecular formula is C13H17NO. The lowest BCUT2D eigenvalue weighted by Gasteiger charge is -2.20. The number of aryl methyl sites for hydroxylation is 1. The van der Waals surface area contributed by atoms with Crippen molar-refractivity contribution < 1.29 is 4.79 Å². The second-order valence-electron chi connectivity index (χ2n) is 4.32. The second-order valence-corrected chi connectivity index (χ2v) is 4.32. The van der Waals surface area contributed by atoms with Gasteiger partial charge in [-0.2, -0.15) is 0 Å². The molecule has 0 aliphatic heterocycles. The van der Waals surface area contributed by atoms with Gasteiger partial charge in [-0.1, -0.05) is 12.1 Å². The van der Waals surface area contributed by atoms with Gasteiger partial charge in [0.1, 0.15) is 0 Å². The minimum Gasteiger partial charge on any atom is -0.324 e. The van der Waals surface area contributed by atoms with Crippen molar-refractivity contribution in [2.75, 3.05) is 0 Å². The number of nitrogens with two attached hydrogens (primary N) is 1. The summed E-state index contributed by atoms with van der Waals surface area (Å²) < 4.78 is 0. The predicted molar refractivity (Wildman–Crippen MR) is 61.1 cm³/mol. The standard InChI is InChI=1S/C13H17NO/c1-9(14)11-7-6-10-4-2-3-5-12(10)13(11)8-15/h6-9H,2-5,14H2,1H3/t9-/m1/s1. The Morgan fingerprint density at radius 2 is 2.07 bits per heavy atom. The summed E-state index contributed by atoms with van der Waals surface area (Å²) >= 11 is 0. The topological polar surface area (TPSA) is 43.1 Å². The molecule has 0 heterocycles. The highest BCUT2D eigenvalue weighted by Gasteiger charge is 2.17. The Hall–Kier alpha value is -1.15. The number of carbonyl (C=O) groups excluding carboxylic acids is 1. The number of carbonyl (C=O) groups is 1. The summed E-state index contributed by atoms with van der Waals surface area (Å²) in [5.41, 5.74) is 10.3. The van der Waals surface area contributed by atoms with Gasteiger partial charge in [0.2, 0.25) is 0 Å². The summed E-state index contributed by atoms with van der Waals surface area (Å²) in [6.07, 6.45) is 5.54. The van der Waals surface area contributed by atoms with Crippen LogP contribution in [0, 0.1) is 0 Å². The van der Waals surface area contributed by atoms with Crippen molar-refractivity contribution in [1.29, 1.82) is 0 Å². The normalized spacial score (nSPS) is 16.9. The maximum Gasteiger partial charge on any atom is 0.150 e. The maximum absolute atomic E-state index is 11.1. The summed E-state index contributed by atoms with van der Waals surface area (Å²) in [5, 5.41) is 0. The van der Waals surface area contributed by atoms with E-state index in [1.165, 1.54) is 24.0 Å². The third-order valence-electron chi connectivity index (χ3n) is 3.22. The van der Waals surface area contributed by atoms with Crippen molar-refractivity contribution in [3.63, 3.8) is 0 Å². The van der Waals surface area contributed by atoms with Crippen molar-refractivity contribution in [3.8, 4) is 0 Å². The van der Waals surface area contributed by atoms with Gasteiger partial charge >= 0.3 is 0 Å². The molecule has 80 valence electrons. The molecule has 1 aromatic carbocycles. The number of aldehydes is 1. The molecule has 2 heteroatoms. The molecule has 1 aliphatic carbocycles.